The van der Waals surface area contributed by atoms with Crippen molar-refractivity contribution in [1.82, 2.24) is 0 Å². The summed E-state index contributed by atoms with van der Waals surface area (Å²) in [6, 6.07) is 4.65. The van der Waals surface area contributed by atoms with Gasteiger partial charge in [0.25, 0.3) is 0 Å². The predicted molar refractivity (Wildman–Crippen MR) is 71.8 cm³/mol. The first kappa shape index (κ1) is 14.8. The van der Waals surface area contributed by atoms with E-state index >= 15 is 0 Å². The summed E-state index contributed by atoms with van der Waals surface area (Å²) in [5.74, 6) is 0.0432. The molecule has 0 spiro atoms. The maximum atomic E-state index is 11.6. The molecule has 0 radical (unpaired) electrons. The van der Waals surface area contributed by atoms with E-state index in [0.29, 0.717) is 35.4 Å². The first-order valence-corrected chi connectivity index (χ1v) is 6.18. The lowest BCUT2D eigenvalue weighted by molar-refractivity contribution is 0.0277. The van der Waals surface area contributed by atoms with E-state index in [1.54, 1.807) is 12.1 Å². The van der Waals surface area contributed by atoms with Gasteiger partial charge in [0, 0.05) is 6.61 Å². The molecule has 0 aromatic heterocycles. The summed E-state index contributed by atoms with van der Waals surface area (Å²) in [5, 5.41) is 0.348. The molecule has 0 aliphatic heterocycles. The van der Waals surface area contributed by atoms with Crippen LogP contribution in [0.3, 0.4) is 0 Å². The van der Waals surface area contributed by atoms with Crippen molar-refractivity contribution in [2.45, 2.75) is 13.8 Å². The number of nitrogen functional groups attached to an aromatic ring is 1. The molecule has 0 aliphatic carbocycles. The van der Waals surface area contributed by atoms with Crippen molar-refractivity contribution >= 4 is 23.3 Å². The summed E-state index contributed by atoms with van der Waals surface area (Å²) < 4.78 is 10.3. The summed E-state index contributed by atoms with van der Waals surface area (Å²) in [7, 11) is 0. The van der Waals surface area contributed by atoms with Gasteiger partial charge in [0.1, 0.15) is 6.61 Å². The van der Waals surface area contributed by atoms with E-state index in [4.69, 9.17) is 26.8 Å². The van der Waals surface area contributed by atoms with Crippen LogP contribution in [0.2, 0.25) is 5.02 Å². The van der Waals surface area contributed by atoms with Gasteiger partial charge in [0.2, 0.25) is 0 Å². The lowest BCUT2D eigenvalue weighted by Gasteiger charge is -2.08. The van der Waals surface area contributed by atoms with Crippen molar-refractivity contribution in [3.8, 4) is 0 Å². The van der Waals surface area contributed by atoms with Crippen molar-refractivity contribution in [3.63, 3.8) is 0 Å². The molecule has 0 fully saturated rings. The predicted octanol–water partition coefficient (Wildman–Crippen LogP) is 2.75. The van der Waals surface area contributed by atoms with Gasteiger partial charge < -0.3 is 15.2 Å². The molecule has 1 rings (SSSR count). The molecule has 100 valence electrons. The number of benzene rings is 1. The third kappa shape index (κ3) is 4.94. The highest BCUT2D eigenvalue weighted by Crippen LogP contribution is 2.19. The average molecular weight is 272 g/mol. The first-order valence-electron chi connectivity index (χ1n) is 5.80. The largest absolute Gasteiger partial charge is 0.460 e. The average Bonchev–Trinajstić information content (AvgIpc) is 2.31. The van der Waals surface area contributed by atoms with Crippen molar-refractivity contribution in [2.24, 2.45) is 5.92 Å². The Hall–Kier alpha value is -1.26. The molecule has 0 bridgehead atoms. The zero-order valence-electron chi connectivity index (χ0n) is 10.6. The molecule has 0 heterocycles. The van der Waals surface area contributed by atoms with E-state index in [0.717, 1.165) is 0 Å². The molecule has 0 saturated carbocycles. The summed E-state index contributed by atoms with van der Waals surface area (Å²) in [6.45, 7) is 5.40. The Bertz CT molecular complexity index is 407. The number of hydrogen-bond donors (Lipinski definition) is 1. The second-order valence-corrected chi connectivity index (χ2v) is 4.75. The van der Waals surface area contributed by atoms with Gasteiger partial charge >= 0.3 is 5.97 Å². The van der Waals surface area contributed by atoms with Crippen LogP contribution in [-0.4, -0.2) is 25.8 Å². The van der Waals surface area contributed by atoms with E-state index in [-0.39, 0.29) is 6.61 Å². The Morgan fingerprint density at radius 2 is 2.11 bits per heavy atom. The molecule has 4 nitrogen and oxygen atoms in total. The fourth-order valence-corrected chi connectivity index (χ4v) is 1.43. The van der Waals surface area contributed by atoms with Crippen LogP contribution >= 0.6 is 11.6 Å². The molecule has 1 aromatic carbocycles. The topological polar surface area (TPSA) is 61.5 Å². The summed E-state index contributed by atoms with van der Waals surface area (Å²) >= 11 is 5.82. The maximum Gasteiger partial charge on any atom is 0.338 e. The van der Waals surface area contributed by atoms with Crippen LogP contribution in [0.4, 0.5) is 5.69 Å². The number of esters is 1. The molecular formula is C13H18ClNO3. The van der Waals surface area contributed by atoms with E-state index in [9.17, 15) is 4.79 Å². The second-order valence-electron chi connectivity index (χ2n) is 4.34. The highest BCUT2D eigenvalue weighted by Gasteiger charge is 2.08. The van der Waals surface area contributed by atoms with Gasteiger partial charge in [0.05, 0.1) is 22.9 Å². The van der Waals surface area contributed by atoms with Crippen LogP contribution in [0.5, 0.6) is 0 Å². The van der Waals surface area contributed by atoms with Gasteiger partial charge in [-0.25, -0.2) is 4.79 Å². The number of ether oxygens (including phenoxy) is 2. The molecule has 0 saturated heterocycles. The SMILES string of the molecule is CC(C)COCCOC(=O)c1ccc(N)c(Cl)c1. The van der Waals surface area contributed by atoms with Gasteiger partial charge in [-0.05, 0) is 24.1 Å². The smallest absolute Gasteiger partial charge is 0.338 e. The van der Waals surface area contributed by atoms with E-state index < -0.39 is 5.97 Å². The Kier molecular flexibility index (Phi) is 5.95. The number of carbonyl (C=O) groups is 1. The second kappa shape index (κ2) is 7.24. The van der Waals surface area contributed by atoms with Crippen molar-refractivity contribution in [2.75, 3.05) is 25.6 Å². The standard InChI is InChI=1S/C13H18ClNO3/c1-9(2)8-17-5-6-18-13(16)10-3-4-12(15)11(14)7-10/h3-4,7,9H,5-6,8,15H2,1-2H3. The van der Waals surface area contributed by atoms with Gasteiger partial charge in [-0.3, -0.25) is 0 Å². The van der Waals surface area contributed by atoms with Crippen molar-refractivity contribution in [1.29, 1.82) is 0 Å². The fraction of sp³-hybridized carbons (Fsp3) is 0.462. The van der Waals surface area contributed by atoms with E-state index in [1.807, 2.05) is 0 Å². The Morgan fingerprint density at radius 1 is 1.39 bits per heavy atom. The Balaban J connectivity index is 2.34. The van der Waals surface area contributed by atoms with Crippen molar-refractivity contribution < 1.29 is 14.3 Å². The number of nitrogens with two attached hydrogens (primary N) is 1. The Morgan fingerprint density at radius 3 is 2.72 bits per heavy atom. The molecule has 5 heteroatoms. The van der Waals surface area contributed by atoms with Gasteiger partial charge in [-0.2, -0.15) is 0 Å². The highest BCUT2D eigenvalue weighted by molar-refractivity contribution is 6.33. The number of rotatable bonds is 6. The van der Waals surface area contributed by atoms with Gasteiger partial charge in [0.15, 0.2) is 0 Å². The minimum Gasteiger partial charge on any atom is -0.460 e. The van der Waals surface area contributed by atoms with E-state index in [2.05, 4.69) is 13.8 Å². The first-order chi connectivity index (χ1) is 8.50. The minimum absolute atomic E-state index is 0.230. The van der Waals surface area contributed by atoms with Crippen molar-refractivity contribution in [3.05, 3.63) is 28.8 Å². The number of anilines is 1. The van der Waals surface area contributed by atoms with Crippen LogP contribution in [0.15, 0.2) is 18.2 Å². The molecule has 0 amide bonds. The lowest BCUT2D eigenvalue weighted by atomic mass is 10.2. The quantitative estimate of drug-likeness (QED) is 0.491. The van der Waals surface area contributed by atoms with Crippen LogP contribution in [0, 0.1) is 5.92 Å². The van der Waals surface area contributed by atoms with Gasteiger partial charge in [-0.1, -0.05) is 25.4 Å². The summed E-state index contributed by atoms with van der Waals surface area (Å²) in [5.41, 5.74) is 6.38. The third-order valence-electron chi connectivity index (χ3n) is 2.15. The van der Waals surface area contributed by atoms with Crippen LogP contribution < -0.4 is 5.73 Å². The maximum absolute atomic E-state index is 11.6. The molecule has 2 N–H and O–H groups in total. The molecular weight excluding hydrogens is 254 g/mol. The number of hydrogen-bond acceptors (Lipinski definition) is 4. The fourth-order valence-electron chi connectivity index (χ4n) is 1.25. The zero-order valence-corrected chi connectivity index (χ0v) is 11.4. The highest BCUT2D eigenvalue weighted by atomic mass is 35.5. The van der Waals surface area contributed by atoms with E-state index in [1.165, 1.54) is 6.07 Å². The molecule has 18 heavy (non-hydrogen) atoms. The third-order valence-corrected chi connectivity index (χ3v) is 2.48. The minimum atomic E-state index is -0.426. The lowest BCUT2D eigenvalue weighted by Crippen LogP contribution is -2.12. The molecule has 0 unspecified atom stereocenters. The molecule has 0 aliphatic rings. The van der Waals surface area contributed by atoms with Crippen LogP contribution in [-0.2, 0) is 9.47 Å². The normalized spacial score (nSPS) is 10.7. The van der Waals surface area contributed by atoms with Crippen LogP contribution in [0.25, 0.3) is 0 Å². The van der Waals surface area contributed by atoms with Gasteiger partial charge in [-0.15, -0.1) is 0 Å². The summed E-state index contributed by atoms with van der Waals surface area (Å²) in [6.07, 6.45) is 0. The number of carbonyl (C=O) groups excluding carboxylic acids is 1. The molecule has 1 aromatic rings. The van der Waals surface area contributed by atoms with Crippen LogP contribution in [0.1, 0.15) is 24.2 Å². The Labute approximate surface area is 112 Å². The number of halogens is 1. The molecule has 0 atom stereocenters. The monoisotopic (exact) mass is 271 g/mol. The summed E-state index contributed by atoms with van der Waals surface area (Å²) in [4.78, 5) is 11.6. The zero-order chi connectivity index (χ0) is 13.5.